The number of carbonyl (C=O) groups excluding carboxylic acids is 4. The van der Waals surface area contributed by atoms with E-state index < -0.39 is 42.0 Å². The van der Waals surface area contributed by atoms with Gasteiger partial charge in [0.25, 0.3) is 0 Å². The summed E-state index contributed by atoms with van der Waals surface area (Å²) in [4.78, 5) is 53.4. The number of hydrogen-bond acceptors (Lipinski definition) is 5. The predicted molar refractivity (Wildman–Crippen MR) is 133 cm³/mol. The fourth-order valence-corrected chi connectivity index (χ4v) is 4.04. The molecule has 0 bridgehead atoms. The number of benzene rings is 1. The third-order valence-corrected chi connectivity index (χ3v) is 5.76. The van der Waals surface area contributed by atoms with Gasteiger partial charge in [0.15, 0.2) is 0 Å². The van der Waals surface area contributed by atoms with Crippen LogP contribution in [0.5, 0.6) is 0 Å². The largest absolute Gasteiger partial charge is 0.444 e. The molecule has 4 atom stereocenters. The maximum absolute atomic E-state index is 14.0. The van der Waals surface area contributed by atoms with Gasteiger partial charge in [0, 0.05) is 12.1 Å². The first-order valence-electron chi connectivity index (χ1n) is 12.1. The number of hydrogen-bond donors (Lipinski definition) is 3. The summed E-state index contributed by atoms with van der Waals surface area (Å²) >= 11 is 0. The Labute approximate surface area is 208 Å². The Hall–Kier alpha value is -3.10. The average Bonchev–Trinajstić information content (AvgIpc) is 3.40. The lowest BCUT2D eigenvalue weighted by molar-refractivity contribution is -0.144. The normalized spacial score (nSPS) is 18.9. The molecular formula is C26H40N4O5. The first kappa shape index (κ1) is 28.1. The Bertz CT molecular complexity index is 969. The Morgan fingerprint density at radius 1 is 1.14 bits per heavy atom. The van der Waals surface area contributed by atoms with Gasteiger partial charge in [-0.1, -0.05) is 30.7 Å². The number of nitrogens with zero attached hydrogens (tertiary/aromatic N) is 1. The van der Waals surface area contributed by atoms with E-state index in [0.717, 1.165) is 11.1 Å². The van der Waals surface area contributed by atoms with Crippen molar-refractivity contribution in [2.75, 3.05) is 0 Å². The summed E-state index contributed by atoms with van der Waals surface area (Å²) in [5.41, 5.74) is 7.14. The van der Waals surface area contributed by atoms with E-state index in [9.17, 15) is 19.2 Å². The van der Waals surface area contributed by atoms with Crippen LogP contribution in [0, 0.1) is 19.8 Å². The van der Waals surface area contributed by atoms with Crippen molar-refractivity contribution in [3.8, 4) is 0 Å². The number of nitrogens with one attached hydrogen (secondary N) is 2. The molecule has 9 heteroatoms. The maximum Gasteiger partial charge on any atom is 0.408 e. The topological polar surface area (TPSA) is 131 Å². The molecule has 1 aliphatic rings. The van der Waals surface area contributed by atoms with Crippen molar-refractivity contribution < 1.29 is 23.9 Å². The number of aryl methyl sites for hydroxylation is 2. The zero-order chi connectivity index (χ0) is 26.7. The van der Waals surface area contributed by atoms with E-state index in [1.165, 1.54) is 4.90 Å². The molecule has 0 aromatic heterocycles. The van der Waals surface area contributed by atoms with Gasteiger partial charge in [-0.05, 0) is 71.9 Å². The third kappa shape index (κ3) is 7.97. The van der Waals surface area contributed by atoms with Crippen LogP contribution in [-0.4, -0.2) is 52.4 Å². The van der Waals surface area contributed by atoms with Crippen LogP contribution in [0.2, 0.25) is 0 Å². The van der Waals surface area contributed by atoms with Gasteiger partial charge in [-0.25, -0.2) is 4.79 Å². The van der Waals surface area contributed by atoms with E-state index in [4.69, 9.17) is 10.5 Å². The molecule has 4 amide bonds. The molecule has 9 nitrogen and oxygen atoms in total. The summed E-state index contributed by atoms with van der Waals surface area (Å²) in [6.07, 6.45) is -0.547. The Morgan fingerprint density at radius 3 is 2.23 bits per heavy atom. The predicted octanol–water partition coefficient (Wildman–Crippen LogP) is 2.87. The van der Waals surface area contributed by atoms with Crippen LogP contribution in [0.15, 0.2) is 18.2 Å². The highest BCUT2D eigenvalue weighted by Crippen LogP contribution is 2.41. The van der Waals surface area contributed by atoms with Crippen LogP contribution in [0.25, 0.3) is 0 Å². The molecule has 4 N–H and O–H groups in total. The van der Waals surface area contributed by atoms with Crippen LogP contribution >= 0.6 is 0 Å². The summed E-state index contributed by atoms with van der Waals surface area (Å²) in [6, 6.07) is 3.19. The lowest BCUT2D eigenvalue weighted by atomic mass is 9.95. The highest BCUT2D eigenvalue weighted by molar-refractivity contribution is 5.95. The second-order valence-electron chi connectivity index (χ2n) is 10.8. The molecule has 35 heavy (non-hydrogen) atoms. The first-order valence-corrected chi connectivity index (χ1v) is 12.1. The van der Waals surface area contributed by atoms with Crippen molar-refractivity contribution in [3.63, 3.8) is 0 Å². The minimum absolute atomic E-state index is 0.148. The molecule has 1 aromatic carbocycles. The van der Waals surface area contributed by atoms with Crippen molar-refractivity contribution in [2.45, 2.75) is 98.0 Å². The molecule has 0 heterocycles. The molecule has 0 aliphatic heterocycles. The first-order chi connectivity index (χ1) is 16.1. The van der Waals surface area contributed by atoms with Gasteiger partial charge in [-0.3, -0.25) is 14.4 Å². The minimum atomic E-state index is -1.27. The summed E-state index contributed by atoms with van der Waals surface area (Å²) < 4.78 is 5.30. The SMILES string of the molecule is Cc1ccc(C)c(C(C(=O)NC(C)C)N(C(=O)C(CC(N)=O)NC(=O)OC(C)(C)C)C2CC2C)c1. The van der Waals surface area contributed by atoms with E-state index in [1.54, 1.807) is 20.8 Å². The van der Waals surface area contributed by atoms with E-state index in [0.29, 0.717) is 12.0 Å². The number of ether oxygens (including phenoxy) is 1. The Morgan fingerprint density at radius 2 is 1.74 bits per heavy atom. The molecule has 1 fully saturated rings. The zero-order valence-corrected chi connectivity index (χ0v) is 22.1. The molecule has 1 saturated carbocycles. The smallest absolute Gasteiger partial charge is 0.408 e. The standard InChI is InChI=1S/C26H40N4O5/c1-14(2)28-23(32)22(18-11-15(3)9-10-16(18)4)30(20-12-17(20)5)24(33)19(13-21(27)31)29-25(34)35-26(6,7)8/h9-11,14,17,19-20,22H,12-13H2,1-8H3,(H2,27,31)(H,28,32)(H,29,34). The highest BCUT2D eigenvalue weighted by Gasteiger charge is 2.48. The van der Waals surface area contributed by atoms with E-state index >= 15 is 0 Å². The van der Waals surface area contributed by atoms with Crippen LogP contribution in [0.4, 0.5) is 4.79 Å². The van der Waals surface area contributed by atoms with Crippen LogP contribution in [0.1, 0.15) is 77.1 Å². The van der Waals surface area contributed by atoms with Gasteiger partial charge in [-0.15, -0.1) is 0 Å². The van der Waals surface area contributed by atoms with Crippen LogP contribution in [-0.2, 0) is 19.1 Å². The van der Waals surface area contributed by atoms with Gasteiger partial charge in [-0.2, -0.15) is 0 Å². The molecular weight excluding hydrogens is 448 g/mol. The number of alkyl carbamates (subject to hydrolysis) is 1. The number of rotatable bonds is 9. The monoisotopic (exact) mass is 488 g/mol. The second kappa shape index (κ2) is 11.1. The Kier molecular flexibility index (Phi) is 8.92. The van der Waals surface area contributed by atoms with Gasteiger partial charge >= 0.3 is 6.09 Å². The lowest BCUT2D eigenvalue weighted by Crippen LogP contribution is -2.55. The van der Waals surface area contributed by atoms with Crippen molar-refractivity contribution in [1.29, 1.82) is 0 Å². The van der Waals surface area contributed by atoms with Crippen molar-refractivity contribution in [3.05, 3.63) is 34.9 Å². The number of primary amides is 1. The van der Waals surface area contributed by atoms with Gasteiger partial charge in [0.05, 0.1) is 6.42 Å². The van der Waals surface area contributed by atoms with E-state index in [-0.39, 0.29) is 23.9 Å². The van der Waals surface area contributed by atoms with Crippen molar-refractivity contribution in [2.24, 2.45) is 11.7 Å². The highest BCUT2D eigenvalue weighted by atomic mass is 16.6. The van der Waals surface area contributed by atoms with Gasteiger partial charge in [0.2, 0.25) is 17.7 Å². The van der Waals surface area contributed by atoms with Crippen LogP contribution < -0.4 is 16.4 Å². The summed E-state index contributed by atoms with van der Waals surface area (Å²) in [7, 11) is 0. The van der Waals surface area contributed by atoms with Gasteiger partial charge in [0.1, 0.15) is 17.7 Å². The summed E-state index contributed by atoms with van der Waals surface area (Å²) in [5.74, 6) is -1.46. The quantitative estimate of drug-likeness (QED) is 0.492. The average molecular weight is 489 g/mol. The molecule has 4 unspecified atom stereocenters. The molecule has 1 aliphatic carbocycles. The molecule has 0 spiro atoms. The number of amides is 4. The van der Waals surface area contributed by atoms with E-state index in [2.05, 4.69) is 10.6 Å². The Balaban J connectivity index is 2.55. The molecule has 194 valence electrons. The van der Waals surface area contributed by atoms with Crippen molar-refractivity contribution in [1.82, 2.24) is 15.5 Å². The lowest BCUT2D eigenvalue weighted by Gasteiger charge is -2.36. The summed E-state index contributed by atoms with van der Waals surface area (Å²) in [5, 5.41) is 5.45. The zero-order valence-electron chi connectivity index (χ0n) is 22.1. The maximum atomic E-state index is 14.0. The molecule has 0 saturated heterocycles. The van der Waals surface area contributed by atoms with E-state index in [1.807, 2.05) is 52.8 Å². The number of carbonyl (C=O) groups is 4. The van der Waals surface area contributed by atoms with Gasteiger partial charge < -0.3 is 26.0 Å². The fourth-order valence-electron chi connectivity index (χ4n) is 4.04. The molecule has 2 rings (SSSR count). The molecule has 1 aromatic rings. The minimum Gasteiger partial charge on any atom is -0.444 e. The van der Waals surface area contributed by atoms with Crippen molar-refractivity contribution >= 4 is 23.8 Å². The fraction of sp³-hybridized carbons (Fsp3) is 0.615. The third-order valence-electron chi connectivity index (χ3n) is 5.76. The molecule has 0 radical (unpaired) electrons. The van der Waals surface area contributed by atoms with Crippen LogP contribution in [0.3, 0.4) is 0 Å². The number of nitrogens with two attached hydrogens (primary N) is 1. The second-order valence-corrected chi connectivity index (χ2v) is 10.8. The summed E-state index contributed by atoms with van der Waals surface area (Å²) in [6.45, 7) is 14.6.